The van der Waals surface area contributed by atoms with E-state index in [4.69, 9.17) is 0 Å². The molecule has 0 saturated heterocycles. The first kappa shape index (κ1) is 15.4. The van der Waals surface area contributed by atoms with Crippen LogP contribution in [0.15, 0.2) is 0 Å². The summed E-state index contributed by atoms with van der Waals surface area (Å²) in [5.74, 6) is 0.189. The van der Waals surface area contributed by atoms with Gasteiger partial charge in [0.05, 0.1) is 0 Å². The Kier molecular flexibility index (Phi) is 9.30. The molecule has 0 aromatic rings. The van der Waals surface area contributed by atoms with E-state index in [-0.39, 0.29) is 5.91 Å². The largest absolute Gasteiger partial charge is 0.354 e. The van der Waals surface area contributed by atoms with Crippen LogP contribution in [0.3, 0.4) is 0 Å². The van der Waals surface area contributed by atoms with Gasteiger partial charge >= 0.3 is 0 Å². The minimum absolute atomic E-state index is 0.189. The van der Waals surface area contributed by atoms with Crippen LogP contribution >= 0.6 is 0 Å². The molecule has 16 heavy (non-hydrogen) atoms. The van der Waals surface area contributed by atoms with Crippen LogP contribution in [0.5, 0.6) is 0 Å². The molecule has 1 unspecified atom stereocenters. The number of nitrogens with one attached hydrogen (secondary N) is 2. The topological polar surface area (TPSA) is 41.1 Å². The van der Waals surface area contributed by atoms with Gasteiger partial charge in [-0.25, -0.2) is 0 Å². The zero-order chi connectivity index (χ0) is 12.4. The minimum Gasteiger partial charge on any atom is -0.354 e. The van der Waals surface area contributed by atoms with Gasteiger partial charge in [-0.2, -0.15) is 0 Å². The van der Waals surface area contributed by atoms with E-state index in [9.17, 15) is 4.79 Å². The maximum absolute atomic E-state index is 11.5. The van der Waals surface area contributed by atoms with Gasteiger partial charge in [0.25, 0.3) is 0 Å². The van der Waals surface area contributed by atoms with Gasteiger partial charge in [-0.1, -0.05) is 33.6 Å². The molecule has 0 rings (SSSR count). The lowest BCUT2D eigenvalue weighted by molar-refractivity contribution is -0.121. The van der Waals surface area contributed by atoms with Crippen LogP contribution in [0.2, 0.25) is 0 Å². The van der Waals surface area contributed by atoms with Crippen LogP contribution in [0.4, 0.5) is 0 Å². The Morgan fingerprint density at radius 3 is 2.44 bits per heavy atom. The van der Waals surface area contributed by atoms with Crippen molar-refractivity contribution in [2.45, 2.75) is 71.9 Å². The van der Waals surface area contributed by atoms with Gasteiger partial charge < -0.3 is 10.6 Å². The summed E-state index contributed by atoms with van der Waals surface area (Å²) < 4.78 is 0. The van der Waals surface area contributed by atoms with Gasteiger partial charge in [0, 0.05) is 18.5 Å². The predicted octanol–water partition coefficient (Wildman–Crippen LogP) is 2.46. The van der Waals surface area contributed by atoms with Gasteiger partial charge in [0.1, 0.15) is 0 Å². The summed E-state index contributed by atoms with van der Waals surface area (Å²) in [4.78, 5) is 11.5. The van der Waals surface area contributed by atoms with Crippen LogP contribution in [0.25, 0.3) is 0 Å². The Balaban J connectivity index is 3.43. The molecule has 0 aliphatic carbocycles. The summed E-state index contributed by atoms with van der Waals surface area (Å²) in [7, 11) is 0. The second-order valence-electron chi connectivity index (χ2n) is 4.82. The summed E-state index contributed by atoms with van der Waals surface area (Å²) in [6.45, 7) is 9.42. The number of carbonyl (C=O) groups excluding carboxylic acids is 1. The van der Waals surface area contributed by atoms with Gasteiger partial charge in [0.15, 0.2) is 0 Å². The third-order valence-corrected chi connectivity index (χ3v) is 2.53. The van der Waals surface area contributed by atoms with Crippen molar-refractivity contribution in [2.24, 2.45) is 0 Å². The normalized spacial score (nSPS) is 12.8. The predicted molar refractivity (Wildman–Crippen MR) is 69.5 cm³/mol. The van der Waals surface area contributed by atoms with Crippen LogP contribution in [0, 0.1) is 0 Å². The van der Waals surface area contributed by atoms with E-state index < -0.39 is 0 Å². The van der Waals surface area contributed by atoms with Crippen molar-refractivity contribution in [3.05, 3.63) is 0 Å². The number of amides is 1. The summed E-state index contributed by atoms with van der Waals surface area (Å²) in [6, 6.07) is 0.831. The van der Waals surface area contributed by atoms with Crippen molar-refractivity contribution >= 4 is 5.91 Å². The average Bonchev–Trinajstić information content (AvgIpc) is 2.21. The Hall–Kier alpha value is -0.570. The molecular formula is C13H28N2O. The molecule has 0 saturated carbocycles. The minimum atomic E-state index is 0.189. The second-order valence-corrected chi connectivity index (χ2v) is 4.82. The van der Waals surface area contributed by atoms with Crippen LogP contribution in [0.1, 0.15) is 59.8 Å². The fraction of sp³-hybridized carbons (Fsp3) is 0.923. The molecule has 0 spiro atoms. The quantitative estimate of drug-likeness (QED) is 0.595. The highest BCUT2D eigenvalue weighted by Gasteiger charge is 2.06. The van der Waals surface area contributed by atoms with E-state index in [1.807, 2.05) is 0 Å². The van der Waals surface area contributed by atoms with Crippen LogP contribution in [-0.2, 0) is 4.79 Å². The Morgan fingerprint density at radius 2 is 1.88 bits per heavy atom. The average molecular weight is 228 g/mol. The Bertz CT molecular complexity index is 181. The molecule has 0 radical (unpaired) electrons. The molecule has 0 aromatic carbocycles. The summed E-state index contributed by atoms with van der Waals surface area (Å²) in [6.07, 6.45) is 5.03. The first-order valence-corrected chi connectivity index (χ1v) is 6.59. The number of rotatable bonds is 9. The molecule has 0 aliphatic heterocycles. The highest BCUT2D eigenvalue weighted by Crippen LogP contribution is 2.00. The summed E-state index contributed by atoms with van der Waals surface area (Å²) in [5, 5.41) is 6.34. The highest BCUT2D eigenvalue weighted by molar-refractivity contribution is 5.76. The van der Waals surface area contributed by atoms with Gasteiger partial charge in [-0.05, 0) is 26.3 Å². The number of hydrogen-bond acceptors (Lipinski definition) is 2. The summed E-state index contributed by atoms with van der Waals surface area (Å²) in [5.41, 5.74) is 0. The SMILES string of the molecule is CCCCC(C)NC(=O)CCCNC(C)C. The molecule has 0 heterocycles. The monoisotopic (exact) mass is 228 g/mol. The molecule has 96 valence electrons. The molecular weight excluding hydrogens is 200 g/mol. The van der Waals surface area contributed by atoms with E-state index in [0.29, 0.717) is 18.5 Å². The zero-order valence-electron chi connectivity index (χ0n) is 11.3. The van der Waals surface area contributed by atoms with E-state index in [1.54, 1.807) is 0 Å². The number of hydrogen-bond donors (Lipinski definition) is 2. The molecule has 3 nitrogen and oxygen atoms in total. The molecule has 2 N–H and O–H groups in total. The van der Waals surface area contributed by atoms with Crippen molar-refractivity contribution in [3.8, 4) is 0 Å². The van der Waals surface area contributed by atoms with E-state index >= 15 is 0 Å². The van der Waals surface area contributed by atoms with Crippen molar-refractivity contribution in [1.29, 1.82) is 0 Å². The maximum Gasteiger partial charge on any atom is 0.220 e. The van der Waals surface area contributed by atoms with Gasteiger partial charge in [0.2, 0.25) is 5.91 Å². The molecule has 1 atom stereocenters. The van der Waals surface area contributed by atoms with E-state index in [1.165, 1.54) is 12.8 Å². The smallest absolute Gasteiger partial charge is 0.220 e. The standard InChI is InChI=1S/C13H28N2O/c1-5-6-8-12(4)15-13(16)9-7-10-14-11(2)3/h11-12,14H,5-10H2,1-4H3,(H,15,16). The third kappa shape index (κ3) is 9.97. The lowest BCUT2D eigenvalue weighted by Crippen LogP contribution is -2.33. The maximum atomic E-state index is 11.5. The lowest BCUT2D eigenvalue weighted by atomic mass is 10.1. The van der Waals surface area contributed by atoms with Gasteiger partial charge in [-0.15, -0.1) is 0 Å². The molecule has 0 aliphatic rings. The van der Waals surface area contributed by atoms with Crippen molar-refractivity contribution in [2.75, 3.05) is 6.54 Å². The molecule has 1 amide bonds. The first-order chi connectivity index (χ1) is 7.56. The number of carbonyl (C=O) groups is 1. The Morgan fingerprint density at radius 1 is 1.19 bits per heavy atom. The fourth-order valence-electron chi connectivity index (χ4n) is 1.57. The third-order valence-electron chi connectivity index (χ3n) is 2.53. The van der Waals surface area contributed by atoms with E-state index in [2.05, 4.69) is 38.3 Å². The fourth-order valence-corrected chi connectivity index (χ4v) is 1.57. The first-order valence-electron chi connectivity index (χ1n) is 6.59. The molecule has 0 fully saturated rings. The highest BCUT2D eigenvalue weighted by atomic mass is 16.1. The van der Waals surface area contributed by atoms with Crippen LogP contribution < -0.4 is 10.6 Å². The molecule has 3 heteroatoms. The van der Waals surface area contributed by atoms with Crippen LogP contribution in [-0.4, -0.2) is 24.5 Å². The second kappa shape index (κ2) is 9.64. The van der Waals surface area contributed by atoms with Crippen molar-refractivity contribution in [3.63, 3.8) is 0 Å². The summed E-state index contributed by atoms with van der Waals surface area (Å²) >= 11 is 0. The lowest BCUT2D eigenvalue weighted by Gasteiger charge is -2.13. The molecule has 0 aromatic heterocycles. The Labute approximate surface area is 100 Å². The zero-order valence-corrected chi connectivity index (χ0v) is 11.3. The molecule has 0 bridgehead atoms. The van der Waals surface area contributed by atoms with Gasteiger partial charge in [-0.3, -0.25) is 4.79 Å². The van der Waals surface area contributed by atoms with Crippen molar-refractivity contribution < 1.29 is 4.79 Å². The van der Waals surface area contributed by atoms with Crippen molar-refractivity contribution in [1.82, 2.24) is 10.6 Å². The number of unbranched alkanes of at least 4 members (excludes halogenated alkanes) is 1. The van der Waals surface area contributed by atoms with E-state index in [0.717, 1.165) is 19.4 Å².